The summed E-state index contributed by atoms with van der Waals surface area (Å²) in [6, 6.07) is 12.9. The topological polar surface area (TPSA) is 76.2 Å². The molecule has 0 unspecified atom stereocenters. The van der Waals surface area contributed by atoms with Crippen LogP contribution < -0.4 is 5.32 Å². The van der Waals surface area contributed by atoms with Gasteiger partial charge in [0.1, 0.15) is 18.0 Å². The van der Waals surface area contributed by atoms with E-state index in [1.807, 2.05) is 45.0 Å². The summed E-state index contributed by atoms with van der Waals surface area (Å²) in [5, 5.41) is 6.03. The first-order valence-electron chi connectivity index (χ1n) is 12.3. The molecule has 2 aromatic carbocycles. The van der Waals surface area contributed by atoms with E-state index in [0.717, 1.165) is 16.7 Å². The largest absolute Gasteiger partial charge is 0.334 e. The zero-order chi connectivity index (χ0) is 26.0. The number of halogens is 1. The normalized spacial score (nSPS) is 20.7. The molecule has 2 atom stereocenters. The molecule has 36 heavy (non-hydrogen) atoms. The summed E-state index contributed by atoms with van der Waals surface area (Å²) < 4.78 is 13.2. The number of rotatable bonds is 6. The standard InChI is InChI=1S/C27H34FN5O3/c1-18(2)13-23-26(35)31(15-21-7-5-19(3)6-8-21)16-24-32(23)25(34)17-30(4)33(24)27(36)29-14-20-9-11-22(28)12-10-20/h5-12,18,23-24H,13-17H2,1-4H3,(H,29,36)/t23-,24-/m0/s1. The van der Waals surface area contributed by atoms with Gasteiger partial charge in [0, 0.05) is 20.1 Å². The number of carbonyl (C=O) groups excluding carboxylic acids is 3. The van der Waals surface area contributed by atoms with Crippen molar-refractivity contribution in [1.82, 2.24) is 25.1 Å². The minimum atomic E-state index is -0.636. The molecule has 2 saturated heterocycles. The van der Waals surface area contributed by atoms with E-state index >= 15 is 0 Å². The van der Waals surface area contributed by atoms with Crippen LogP contribution in [0.25, 0.3) is 0 Å². The summed E-state index contributed by atoms with van der Waals surface area (Å²) >= 11 is 0. The van der Waals surface area contributed by atoms with Gasteiger partial charge in [0.2, 0.25) is 11.8 Å². The molecule has 4 rings (SSSR count). The number of hydrazine groups is 1. The molecule has 0 saturated carbocycles. The Morgan fingerprint density at radius 1 is 1.06 bits per heavy atom. The van der Waals surface area contributed by atoms with Gasteiger partial charge in [0.25, 0.3) is 0 Å². The first-order chi connectivity index (χ1) is 17.1. The van der Waals surface area contributed by atoms with Crippen LogP contribution in [0, 0.1) is 18.7 Å². The highest BCUT2D eigenvalue weighted by atomic mass is 19.1. The molecule has 4 amide bonds. The minimum Gasteiger partial charge on any atom is -0.333 e. The van der Waals surface area contributed by atoms with Crippen LogP contribution >= 0.6 is 0 Å². The fourth-order valence-electron chi connectivity index (χ4n) is 4.90. The molecule has 2 aliphatic heterocycles. The van der Waals surface area contributed by atoms with Crippen molar-refractivity contribution in [2.75, 3.05) is 20.1 Å². The van der Waals surface area contributed by atoms with Gasteiger partial charge < -0.3 is 15.1 Å². The van der Waals surface area contributed by atoms with E-state index in [9.17, 15) is 18.8 Å². The average Bonchev–Trinajstić information content (AvgIpc) is 2.82. The van der Waals surface area contributed by atoms with E-state index in [-0.39, 0.29) is 49.2 Å². The molecule has 0 aromatic heterocycles. The Morgan fingerprint density at radius 2 is 1.69 bits per heavy atom. The van der Waals surface area contributed by atoms with Crippen molar-refractivity contribution in [2.45, 2.75) is 52.5 Å². The lowest BCUT2D eigenvalue weighted by Gasteiger charge is -2.54. The van der Waals surface area contributed by atoms with Gasteiger partial charge in [0.05, 0.1) is 13.1 Å². The van der Waals surface area contributed by atoms with Crippen molar-refractivity contribution < 1.29 is 18.8 Å². The van der Waals surface area contributed by atoms with Crippen LogP contribution in [0.3, 0.4) is 0 Å². The number of hydrogen-bond acceptors (Lipinski definition) is 4. The first-order valence-corrected chi connectivity index (χ1v) is 12.3. The van der Waals surface area contributed by atoms with Crippen LogP contribution in [-0.4, -0.2) is 70.0 Å². The maximum absolute atomic E-state index is 13.6. The molecule has 2 aliphatic rings. The maximum Gasteiger partial charge on any atom is 0.334 e. The van der Waals surface area contributed by atoms with E-state index in [1.165, 1.54) is 17.1 Å². The van der Waals surface area contributed by atoms with Gasteiger partial charge in [-0.2, -0.15) is 0 Å². The van der Waals surface area contributed by atoms with Gasteiger partial charge in [-0.05, 0) is 42.5 Å². The van der Waals surface area contributed by atoms with Gasteiger partial charge in [0.15, 0.2) is 0 Å². The summed E-state index contributed by atoms with van der Waals surface area (Å²) in [5.41, 5.74) is 2.89. The van der Waals surface area contributed by atoms with Crippen LogP contribution in [-0.2, 0) is 22.7 Å². The Kier molecular flexibility index (Phi) is 7.59. The van der Waals surface area contributed by atoms with E-state index < -0.39 is 12.2 Å². The molecule has 1 N–H and O–H groups in total. The van der Waals surface area contributed by atoms with E-state index in [0.29, 0.717) is 13.0 Å². The summed E-state index contributed by atoms with van der Waals surface area (Å²) in [6.07, 6.45) is -0.114. The van der Waals surface area contributed by atoms with E-state index in [2.05, 4.69) is 5.32 Å². The quantitative estimate of drug-likeness (QED) is 0.668. The van der Waals surface area contributed by atoms with Crippen LogP contribution in [0.1, 0.15) is 37.0 Å². The van der Waals surface area contributed by atoms with Gasteiger partial charge in [-0.3, -0.25) is 9.59 Å². The van der Waals surface area contributed by atoms with Crippen molar-refractivity contribution in [3.63, 3.8) is 0 Å². The Labute approximate surface area is 211 Å². The van der Waals surface area contributed by atoms with Crippen molar-refractivity contribution in [3.05, 3.63) is 71.0 Å². The molecule has 0 bridgehead atoms. The summed E-state index contributed by atoms with van der Waals surface area (Å²) in [5.74, 6) is -0.414. The Morgan fingerprint density at radius 3 is 2.33 bits per heavy atom. The van der Waals surface area contributed by atoms with Gasteiger partial charge in [-0.1, -0.05) is 55.8 Å². The number of nitrogens with one attached hydrogen (secondary N) is 1. The molecule has 192 valence electrons. The fourth-order valence-corrected chi connectivity index (χ4v) is 4.90. The number of piperazine rings is 1. The first kappa shape index (κ1) is 25.6. The molecule has 2 heterocycles. The fraction of sp³-hybridized carbons (Fsp3) is 0.444. The third-order valence-corrected chi connectivity index (χ3v) is 6.69. The number of hydrogen-bond donors (Lipinski definition) is 1. The third-order valence-electron chi connectivity index (χ3n) is 6.69. The second-order valence-corrected chi connectivity index (χ2v) is 10.1. The monoisotopic (exact) mass is 495 g/mol. The second kappa shape index (κ2) is 10.7. The van der Waals surface area contributed by atoms with Gasteiger partial charge in [-0.15, -0.1) is 0 Å². The third kappa shape index (κ3) is 5.51. The SMILES string of the molecule is Cc1ccc(CN2C[C@H]3N(C(=O)CN(C)N3C(=O)NCc3ccc(F)cc3)[C@@H](CC(C)C)C2=O)cc1. The van der Waals surface area contributed by atoms with Crippen molar-refractivity contribution in [3.8, 4) is 0 Å². The average molecular weight is 496 g/mol. The van der Waals surface area contributed by atoms with Gasteiger partial charge in [-0.25, -0.2) is 19.2 Å². The number of benzene rings is 2. The minimum absolute atomic E-state index is 0.000303. The smallest absolute Gasteiger partial charge is 0.333 e. The van der Waals surface area contributed by atoms with Crippen LogP contribution in [0.5, 0.6) is 0 Å². The summed E-state index contributed by atoms with van der Waals surface area (Å²) in [4.78, 5) is 43.5. The molecule has 9 heteroatoms. The number of fused-ring (bicyclic) bond motifs is 1. The molecule has 2 aromatic rings. The zero-order valence-electron chi connectivity index (χ0n) is 21.3. The number of aryl methyl sites for hydroxylation is 1. The highest BCUT2D eigenvalue weighted by molar-refractivity contribution is 5.91. The summed E-state index contributed by atoms with van der Waals surface area (Å²) in [6.45, 7) is 6.89. The lowest BCUT2D eigenvalue weighted by atomic mass is 9.96. The highest BCUT2D eigenvalue weighted by Crippen LogP contribution is 2.29. The lowest BCUT2D eigenvalue weighted by molar-refractivity contribution is -0.188. The summed E-state index contributed by atoms with van der Waals surface area (Å²) in [7, 11) is 1.70. The lowest BCUT2D eigenvalue weighted by Crippen LogP contribution is -2.75. The zero-order valence-corrected chi connectivity index (χ0v) is 21.3. The molecule has 2 fully saturated rings. The van der Waals surface area contributed by atoms with Crippen LogP contribution in [0.15, 0.2) is 48.5 Å². The van der Waals surface area contributed by atoms with Crippen molar-refractivity contribution >= 4 is 17.8 Å². The van der Waals surface area contributed by atoms with Crippen molar-refractivity contribution in [1.29, 1.82) is 0 Å². The number of carbonyl (C=O) groups is 3. The van der Waals surface area contributed by atoms with Crippen molar-refractivity contribution in [2.24, 2.45) is 5.92 Å². The Balaban J connectivity index is 1.60. The number of amides is 4. The van der Waals surface area contributed by atoms with E-state index in [4.69, 9.17) is 0 Å². The molecule has 0 aliphatic carbocycles. The maximum atomic E-state index is 13.6. The molecular weight excluding hydrogens is 461 g/mol. The van der Waals surface area contributed by atoms with Crippen LogP contribution in [0.4, 0.5) is 9.18 Å². The number of likely N-dealkylation sites (N-methyl/N-ethyl adjacent to an activating group) is 1. The Hall–Kier alpha value is -3.46. The predicted octanol–water partition coefficient (Wildman–Crippen LogP) is 3.12. The molecule has 0 spiro atoms. The molecule has 8 nitrogen and oxygen atoms in total. The molecular formula is C27H34FN5O3. The van der Waals surface area contributed by atoms with E-state index in [1.54, 1.807) is 34.0 Å². The highest BCUT2D eigenvalue weighted by Gasteiger charge is 2.50. The predicted molar refractivity (Wildman–Crippen MR) is 134 cm³/mol. The molecule has 0 radical (unpaired) electrons. The second-order valence-electron chi connectivity index (χ2n) is 10.1. The number of urea groups is 1. The number of nitrogens with zero attached hydrogens (tertiary/aromatic N) is 4. The van der Waals surface area contributed by atoms with Crippen LogP contribution in [0.2, 0.25) is 0 Å². The Bertz CT molecular complexity index is 1110. The van der Waals surface area contributed by atoms with Gasteiger partial charge >= 0.3 is 6.03 Å².